The minimum atomic E-state index is 0.433. The Hall–Kier alpha value is -0.520. The Morgan fingerprint density at radius 1 is 1.26 bits per heavy atom. The van der Waals surface area contributed by atoms with Crippen molar-refractivity contribution in [3.8, 4) is 0 Å². The van der Waals surface area contributed by atoms with Gasteiger partial charge in [0.2, 0.25) is 0 Å². The molecule has 0 aromatic rings. The van der Waals surface area contributed by atoms with E-state index in [4.69, 9.17) is 0 Å². The molecule has 2 unspecified atom stereocenters. The summed E-state index contributed by atoms with van der Waals surface area (Å²) in [6, 6.07) is 0. The highest BCUT2D eigenvalue weighted by Crippen LogP contribution is 2.60. The first-order valence-corrected chi connectivity index (χ1v) is 8.18. The lowest BCUT2D eigenvalue weighted by Gasteiger charge is -2.56. The predicted octanol–water partition coefficient (Wildman–Crippen LogP) is 6.29. The Bertz CT molecular complexity index is 408. The number of rotatable bonds is 2. The van der Waals surface area contributed by atoms with E-state index in [0.717, 1.165) is 5.92 Å². The van der Waals surface area contributed by atoms with Gasteiger partial charge in [0.15, 0.2) is 0 Å². The normalized spacial score (nSPS) is 38.9. The van der Waals surface area contributed by atoms with Crippen LogP contribution < -0.4 is 0 Å². The topological polar surface area (TPSA) is 0 Å². The van der Waals surface area contributed by atoms with Gasteiger partial charge < -0.3 is 0 Å². The van der Waals surface area contributed by atoms with Gasteiger partial charge in [-0.15, -0.1) is 0 Å². The van der Waals surface area contributed by atoms with Crippen LogP contribution in [0.1, 0.15) is 80.1 Å². The van der Waals surface area contributed by atoms with Gasteiger partial charge >= 0.3 is 0 Å². The zero-order valence-electron chi connectivity index (χ0n) is 13.9. The highest BCUT2D eigenvalue weighted by atomic mass is 14.5. The van der Waals surface area contributed by atoms with Crippen molar-refractivity contribution in [2.45, 2.75) is 80.1 Å². The highest BCUT2D eigenvalue weighted by molar-refractivity contribution is 5.37. The van der Waals surface area contributed by atoms with E-state index in [9.17, 15) is 0 Å². The maximum atomic E-state index is 2.56. The van der Waals surface area contributed by atoms with Crippen molar-refractivity contribution in [3.63, 3.8) is 0 Å². The molecule has 2 aliphatic rings. The monoisotopic (exact) mass is 260 g/mol. The lowest BCUT2D eigenvalue weighted by atomic mass is 9.49. The van der Waals surface area contributed by atoms with Crippen molar-refractivity contribution in [1.82, 2.24) is 0 Å². The molecular weight excluding hydrogens is 228 g/mol. The van der Waals surface area contributed by atoms with Crippen LogP contribution in [0.25, 0.3) is 0 Å². The standard InChI is InChI=1S/C19H32/c1-7-18(5)11-8-12-19(6)16(13-14(2)3)15(4)9-10-17(18)19/h13,17H,7-12H2,1-6H3/t17?,18-,19?/m0/s1. The quantitative estimate of drug-likeness (QED) is 0.547. The van der Waals surface area contributed by atoms with E-state index in [1.807, 2.05) is 0 Å². The summed E-state index contributed by atoms with van der Waals surface area (Å²) in [5.41, 5.74) is 5.79. The summed E-state index contributed by atoms with van der Waals surface area (Å²) < 4.78 is 0. The average molecular weight is 260 g/mol. The maximum absolute atomic E-state index is 2.56. The van der Waals surface area contributed by atoms with Crippen LogP contribution in [0.4, 0.5) is 0 Å². The van der Waals surface area contributed by atoms with Crippen molar-refractivity contribution >= 4 is 0 Å². The molecule has 1 fully saturated rings. The second kappa shape index (κ2) is 5.11. The van der Waals surface area contributed by atoms with Gasteiger partial charge in [-0.25, -0.2) is 0 Å². The molecule has 0 N–H and O–H groups in total. The van der Waals surface area contributed by atoms with Crippen LogP contribution in [0.15, 0.2) is 22.8 Å². The van der Waals surface area contributed by atoms with Crippen molar-refractivity contribution in [2.75, 3.05) is 0 Å². The molecule has 2 rings (SSSR count). The zero-order chi connectivity index (χ0) is 14.3. The number of hydrogen-bond acceptors (Lipinski definition) is 0. The Kier molecular flexibility index (Phi) is 4.00. The second-order valence-corrected chi connectivity index (χ2v) is 7.79. The van der Waals surface area contributed by atoms with Crippen molar-refractivity contribution < 1.29 is 0 Å². The van der Waals surface area contributed by atoms with E-state index in [0.29, 0.717) is 10.8 Å². The third-order valence-electron chi connectivity index (χ3n) is 6.18. The molecule has 0 aromatic heterocycles. The van der Waals surface area contributed by atoms with Gasteiger partial charge in [0, 0.05) is 0 Å². The molecule has 0 aliphatic heterocycles. The molecule has 2 aliphatic carbocycles. The van der Waals surface area contributed by atoms with Crippen LogP contribution in [-0.4, -0.2) is 0 Å². The van der Waals surface area contributed by atoms with Gasteiger partial charge in [-0.1, -0.05) is 50.8 Å². The van der Waals surface area contributed by atoms with Crippen molar-refractivity contribution in [3.05, 3.63) is 22.8 Å². The fraction of sp³-hybridized carbons (Fsp3) is 0.789. The zero-order valence-corrected chi connectivity index (χ0v) is 13.9. The van der Waals surface area contributed by atoms with Crippen molar-refractivity contribution in [2.24, 2.45) is 16.7 Å². The van der Waals surface area contributed by atoms with Crippen LogP contribution in [0.3, 0.4) is 0 Å². The molecule has 0 bridgehead atoms. The van der Waals surface area contributed by atoms with E-state index in [2.05, 4.69) is 47.6 Å². The minimum Gasteiger partial charge on any atom is -0.0761 e. The third kappa shape index (κ3) is 2.43. The average Bonchev–Trinajstić information content (AvgIpc) is 2.33. The lowest BCUT2D eigenvalue weighted by Crippen LogP contribution is -2.46. The molecule has 0 spiro atoms. The van der Waals surface area contributed by atoms with E-state index in [1.165, 1.54) is 44.1 Å². The minimum absolute atomic E-state index is 0.433. The first kappa shape index (κ1) is 14.9. The SMILES string of the molecule is CC[C@@]1(C)CCCC2(C)C(C=C(C)C)=C(C)CCC21. The fourth-order valence-electron chi connectivity index (χ4n) is 4.95. The first-order chi connectivity index (χ1) is 8.83. The Labute approximate surface area is 120 Å². The van der Waals surface area contributed by atoms with Gasteiger partial charge in [-0.2, -0.15) is 0 Å². The maximum Gasteiger partial charge on any atom is -0.00423 e. The molecule has 19 heavy (non-hydrogen) atoms. The summed E-state index contributed by atoms with van der Waals surface area (Å²) in [5, 5.41) is 0. The molecule has 3 atom stereocenters. The lowest BCUT2D eigenvalue weighted by molar-refractivity contribution is -0.000939. The molecule has 0 amide bonds. The second-order valence-electron chi connectivity index (χ2n) is 7.79. The van der Waals surface area contributed by atoms with Crippen LogP contribution in [0, 0.1) is 16.7 Å². The van der Waals surface area contributed by atoms with Crippen LogP contribution in [-0.2, 0) is 0 Å². The molecule has 0 saturated heterocycles. The summed E-state index contributed by atoms with van der Waals surface area (Å²) in [5.74, 6) is 0.882. The molecule has 0 heteroatoms. The Balaban J connectivity index is 2.48. The van der Waals surface area contributed by atoms with E-state index in [-0.39, 0.29) is 0 Å². The molecular formula is C19H32. The molecule has 0 heterocycles. The summed E-state index contributed by atoms with van der Waals surface area (Å²) in [6.45, 7) is 14.4. The first-order valence-electron chi connectivity index (χ1n) is 8.18. The summed E-state index contributed by atoms with van der Waals surface area (Å²) in [4.78, 5) is 0. The summed E-state index contributed by atoms with van der Waals surface area (Å²) in [7, 11) is 0. The van der Waals surface area contributed by atoms with Crippen LogP contribution in [0.5, 0.6) is 0 Å². The highest BCUT2D eigenvalue weighted by Gasteiger charge is 2.50. The number of allylic oxidation sites excluding steroid dienone is 4. The molecule has 0 nitrogen and oxygen atoms in total. The van der Waals surface area contributed by atoms with E-state index < -0.39 is 0 Å². The summed E-state index contributed by atoms with van der Waals surface area (Å²) >= 11 is 0. The van der Waals surface area contributed by atoms with Crippen LogP contribution in [0.2, 0.25) is 0 Å². The predicted molar refractivity (Wildman–Crippen MR) is 85.2 cm³/mol. The van der Waals surface area contributed by atoms with Gasteiger partial charge in [0.25, 0.3) is 0 Å². The fourth-order valence-corrected chi connectivity index (χ4v) is 4.95. The third-order valence-corrected chi connectivity index (χ3v) is 6.18. The largest absolute Gasteiger partial charge is 0.0761 e. The van der Waals surface area contributed by atoms with Gasteiger partial charge in [-0.3, -0.25) is 0 Å². The summed E-state index contributed by atoms with van der Waals surface area (Å²) in [6.07, 6.45) is 10.8. The Morgan fingerprint density at radius 2 is 1.95 bits per heavy atom. The van der Waals surface area contributed by atoms with Crippen molar-refractivity contribution in [1.29, 1.82) is 0 Å². The molecule has 0 aromatic carbocycles. The van der Waals surface area contributed by atoms with Crippen LogP contribution >= 0.6 is 0 Å². The molecule has 0 radical (unpaired) electrons. The molecule has 1 saturated carbocycles. The number of fused-ring (bicyclic) bond motifs is 1. The Morgan fingerprint density at radius 3 is 2.53 bits per heavy atom. The smallest absolute Gasteiger partial charge is 0.00423 e. The molecule has 108 valence electrons. The van der Waals surface area contributed by atoms with Gasteiger partial charge in [0.1, 0.15) is 0 Å². The number of hydrogen-bond donors (Lipinski definition) is 0. The van der Waals surface area contributed by atoms with E-state index in [1.54, 1.807) is 11.1 Å². The van der Waals surface area contributed by atoms with Gasteiger partial charge in [0.05, 0.1) is 0 Å². The van der Waals surface area contributed by atoms with Gasteiger partial charge in [-0.05, 0) is 68.8 Å². The van der Waals surface area contributed by atoms with E-state index >= 15 is 0 Å².